The summed E-state index contributed by atoms with van der Waals surface area (Å²) in [5.41, 5.74) is 12.4. The van der Waals surface area contributed by atoms with E-state index in [9.17, 15) is 0 Å². The van der Waals surface area contributed by atoms with E-state index in [0.717, 1.165) is 33.4 Å². The smallest absolute Gasteiger partial charge is 0.164 e. The second-order valence-electron chi connectivity index (χ2n) is 13.2. The fraction of sp³-hybridized carbons (Fsp3) is 0.0667. The van der Waals surface area contributed by atoms with Crippen LogP contribution in [0.1, 0.15) is 25.0 Å². The highest BCUT2D eigenvalue weighted by molar-refractivity contribution is 5.97. The van der Waals surface area contributed by atoms with Gasteiger partial charge in [-0.25, -0.2) is 15.0 Å². The van der Waals surface area contributed by atoms with Gasteiger partial charge in [0.1, 0.15) is 0 Å². The average molecular weight is 629 g/mol. The molecule has 2 aromatic heterocycles. The minimum absolute atomic E-state index is 0.185. The number of rotatable bonds is 5. The van der Waals surface area contributed by atoms with Crippen LogP contribution >= 0.6 is 0 Å². The number of hydrogen-bond donors (Lipinski definition) is 0. The first-order valence-electron chi connectivity index (χ1n) is 16.6. The van der Waals surface area contributed by atoms with Crippen molar-refractivity contribution in [2.45, 2.75) is 19.3 Å². The molecule has 1 aliphatic carbocycles. The zero-order chi connectivity index (χ0) is 33.0. The first kappa shape index (κ1) is 28.9. The van der Waals surface area contributed by atoms with Crippen molar-refractivity contribution >= 4 is 10.8 Å². The summed E-state index contributed by atoms with van der Waals surface area (Å²) in [6.07, 6.45) is 3.67. The third-order valence-corrected chi connectivity index (χ3v) is 9.82. The Labute approximate surface area is 285 Å². The fourth-order valence-electron chi connectivity index (χ4n) is 7.29. The van der Waals surface area contributed by atoms with E-state index in [1.165, 1.54) is 38.6 Å². The van der Waals surface area contributed by atoms with Crippen LogP contribution in [0, 0.1) is 0 Å². The van der Waals surface area contributed by atoms with Gasteiger partial charge in [0.2, 0.25) is 0 Å². The van der Waals surface area contributed by atoms with Gasteiger partial charge in [-0.1, -0.05) is 147 Å². The largest absolute Gasteiger partial charge is 0.264 e. The molecular formula is C45H32N4. The molecule has 2 heterocycles. The van der Waals surface area contributed by atoms with Gasteiger partial charge < -0.3 is 0 Å². The van der Waals surface area contributed by atoms with Crippen LogP contribution in [0.25, 0.3) is 78.3 Å². The van der Waals surface area contributed by atoms with E-state index in [1.54, 1.807) is 6.20 Å². The molecule has 0 bridgehead atoms. The van der Waals surface area contributed by atoms with Crippen LogP contribution in [0.5, 0.6) is 0 Å². The van der Waals surface area contributed by atoms with Gasteiger partial charge in [-0.05, 0) is 67.4 Å². The van der Waals surface area contributed by atoms with E-state index in [2.05, 4.69) is 152 Å². The maximum atomic E-state index is 5.11. The predicted octanol–water partition coefficient (Wildman–Crippen LogP) is 11.1. The van der Waals surface area contributed by atoms with Crippen molar-refractivity contribution in [2.75, 3.05) is 0 Å². The third-order valence-electron chi connectivity index (χ3n) is 9.82. The number of hydrogen-bond acceptors (Lipinski definition) is 4. The monoisotopic (exact) mass is 628 g/mol. The van der Waals surface area contributed by atoms with Crippen LogP contribution in [0.4, 0.5) is 0 Å². The van der Waals surface area contributed by atoms with Crippen LogP contribution < -0.4 is 0 Å². The standard InChI is InChI=1S/C45H32N4/c1-45(2)40-27-35(23-24-38(40)39-25-22-32-11-6-7-13-37(32)41(39)45)44-48-42(33-18-14-30(15-19-33)29-9-4-3-5-10-29)47-43(49-44)34-20-16-31(17-21-34)36-12-8-26-46-28-36/h3-28H,1-2H3. The van der Waals surface area contributed by atoms with Crippen molar-refractivity contribution < 1.29 is 0 Å². The van der Waals surface area contributed by atoms with Crippen molar-refractivity contribution in [2.24, 2.45) is 0 Å². The van der Waals surface area contributed by atoms with Crippen LogP contribution in [0.3, 0.4) is 0 Å². The molecule has 6 aromatic carbocycles. The quantitative estimate of drug-likeness (QED) is 0.190. The molecule has 0 amide bonds. The average Bonchev–Trinajstić information content (AvgIpc) is 3.41. The molecule has 49 heavy (non-hydrogen) atoms. The Hall–Kier alpha value is -6.26. The van der Waals surface area contributed by atoms with Crippen molar-refractivity contribution in [1.29, 1.82) is 0 Å². The predicted molar refractivity (Wildman–Crippen MR) is 200 cm³/mol. The molecule has 0 saturated heterocycles. The SMILES string of the molecule is CC1(C)c2cc(-c3nc(-c4ccc(-c5ccccc5)cc4)nc(-c4ccc(-c5cccnc5)cc4)n3)ccc2-c2ccc3ccccc3c21. The minimum Gasteiger partial charge on any atom is -0.264 e. The summed E-state index contributed by atoms with van der Waals surface area (Å²) in [5, 5.41) is 2.57. The van der Waals surface area contributed by atoms with Crippen LogP contribution in [0.15, 0.2) is 158 Å². The van der Waals surface area contributed by atoms with Gasteiger partial charge >= 0.3 is 0 Å². The molecule has 1 aliphatic rings. The highest BCUT2D eigenvalue weighted by Crippen LogP contribution is 2.52. The van der Waals surface area contributed by atoms with Crippen molar-refractivity contribution in [1.82, 2.24) is 19.9 Å². The Bertz CT molecular complexity index is 2380. The van der Waals surface area contributed by atoms with E-state index >= 15 is 0 Å². The molecule has 0 aliphatic heterocycles. The van der Waals surface area contributed by atoms with E-state index in [1.807, 2.05) is 18.3 Å². The van der Waals surface area contributed by atoms with Gasteiger partial charge in [-0.2, -0.15) is 0 Å². The fourth-order valence-corrected chi connectivity index (χ4v) is 7.29. The molecule has 232 valence electrons. The summed E-state index contributed by atoms with van der Waals surface area (Å²) in [6.45, 7) is 4.66. The van der Waals surface area contributed by atoms with E-state index in [0.29, 0.717) is 17.5 Å². The van der Waals surface area contributed by atoms with Gasteiger partial charge in [0.15, 0.2) is 17.5 Å². The Morgan fingerprint density at radius 3 is 1.63 bits per heavy atom. The summed E-state index contributed by atoms with van der Waals surface area (Å²) < 4.78 is 0. The number of nitrogens with zero attached hydrogens (tertiary/aromatic N) is 4. The van der Waals surface area contributed by atoms with Gasteiger partial charge in [0.25, 0.3) is 0 Å². The molecule has 4 nitrogen and oxygen atoms in total. The molecule has 0 radical (unpaired) electrons. The topological polar surface area (TPSA) is 51.6 Å². The summed E-state index contributed by atoms with van der Waals surface area (Å²) in [4.78, 5) is 19.5. The summed E-state index contributed by atoms with van der Waals surface area (Å²) >= 11 is 0. The first-order valence-corrected chi connectivity index (χ1v) is 16.6. The lowest BCUT2D eigenvalue weighted by Crippen LogP contribution is -2.15. The molecule has 0 fully saturated rings. The minimum atomic E-state index is -0.185. The molecule has 0 spiro atoms. The van der Waals surface area contributed by atoms with Crippen molar-refractivity contribution in [3.8, 4) is 67.5 Å². The molecule has 9 rings (SSSR count). The summed E-state index contributed by atoms with van der Waals surface area (Å²) in [6, 6.07) is 51.2. The number of fused-ring (bicyclic) bond motifs is 5. The molecule has 4 heteroatoms. The second kappa shape index (κ2) is 11.5. The first-order chi connectivity index (χ1) is 24.0. The van der Waals surface area contributed by atoms with Crippen molar-refractivity contribution in [3.63, 3.8) is 0 Å². The molecule has 8 aromatic rings. The summed E-state index contributed by atoms with van der Waals surface area (Å²) in [5.74, 6) is 1.94. The lowest BCUT2D eigenvalue weighted by molar-refractivity contribution is 0.666. The Morgan fingerprint density at radius 2 is 0.959 bits per heavy atom. The zero-order valence-electron chi connectivity index (χ0n) is 27.3. The molecule has 0 atom stereocenters. The number of aromatic nitrogens is 4. The van der Waals surface area contributed by atoms with Gasteiger partial charge in [0.05, 0.1) is 0 Å². The molecular weight excluding hydrogens is 597 g/mol. The molecule has 0 saturated carbocycles. The highest BCUT2D eigenvalue weighted by atomic mass is 15.0. The van der Waals surface area contributed by atoms with Crippen molar-refractivity contribution in [3.05, 3.63) is 169 Å². The highest BCUT2D eigenvalue weighted by Gasteiger charge is 2.37. The zero-order valence-corrected chi connectivity index (χ0v) is 27.3. The summed E-state index contributed by atoms with van der Waals surface area (Å²) in [7, 11) is 0. The van der Waals surface area contributed by atoms with E-state index < -0.39 is 0 Å². The Kier molecular flexibility index (Phi) is 6.77. The van der Waals surface area contributed by atoms with Gasteiger partial charge in [0, 0.05) is 34.5 Å². The molecule has 0 N–H and O–H groups in total. The van der Waals surface area contributed by atoms with Crippen LogP contribution in [0.2, 0.25) is 0 Å². The second-order valence-corrected chi connectivity index (χ2v) is 13.2. The van der Waals surface area contributed by atoms with Gasteiger partial charge in [-0.15, -0.1) is 0 Å². The third kappa shape index (κ3) is 5.01. The maximum absolute atomic E-state index is 5.11. The van der Waals surface area contributed by atoms with E-state index in [-0.39, 0.29) is 5.41 Å². The molecule has 0 unspecified atom stereocenters. The van der Waals surface area contributed by atoms with Gasteiger partial charge in [-0.3, -0.25) is 4.98 Å². The van der Waals surface area contributed by atoms with Crippen LogP contribution in [-0.4, -0.2) is 19.9 Å². The lowest BCUT2D eigenvalue weighted by Gasteiger charge is -2.23. The Morgan fingerprint density at radius 1 is 0.429 bits per heavy atom. The lowest BCUT2D eigenvalue weighted by atomic mass is 9.80. The number of pyridine rings is 1. The van der Waals surface area contributed by atoms with E-state index in [4.69, 9.17) is 15.0 Å². The normalized spacial score (nSPS) is 12.9. The Balaban J connectivity index is 1.16. The maximum Gasteiger partial charge on any atom is 0.164 e. The van der Waals surface area contributed by atoms with Crippen LogP contribution in [-0.2, 0) is 5.41 Å². The number of benzene rings is 6.